The van der Waals surface area contributed by atoms with Gasteiger partial charge in [-0.25, -0.2) is 0 Å². The van der Waals surface area contributed by atoms with Crippen LogP contribution in [0.1, 0.15) is 96.5 Å². The molecular weight excluding hydrogens is 326 g/mol. The van der Waals surface area contributed by atoms with Crippen molar-refractivity contribution in [1.82, 2.24) is 0 Å². The maximum atomic E-state index is 10.2. The standard InChI is InChI=1S/C22H37NO3/c1-3-5-7-8-9-10-11-13-17-26-19-15-16-20(22(24)18-19)21(23-25)14-12-6-4-2/h15-16,18,24-25H,3-14,17H2,1-2H3/b23-21-. The fourth-order valence-electron chi connectivity index (χ4n) is 3.05. The lowest BCUT2D eigenvalue weighted by Crippen LogP contribution is -2.03. The maximum Gasteiger partial charge on any atom is 0.128 e. The minimum absolute atomic E-state index is 0.114. The molecule has 0 aliphatic heterocycles. The predicted octanol–water partition coefficient (Wildman–Crippen LogP) is 6.67. The number of unbranched alkanes of at least 4 members (excludes halogenated alkanes) is 9. The molecule has 0 saturated heterocycles. The molecule has 0 radical (unpaired) electrons. The van der Waals surface area contributed by atoms with Crippen molar-refractivity contribution >= 4 is 5.71 Å². The molecule has 0 fully saturated rings. The van der Waals surface area contributed by atoms with Gasteiger partial charge in [0.2, 0.25) is 0 Å². The first-order valence-electron chi connectivity index (χ1n) is 10.4. The normalized spacial score (nSPS) is 11.7. The monoisotopic (exact) mass is 363 g/mol. The van der Waals surface area contributed by atoms with Crippen LogP contribution in [0.2, 0.25) is 0 Å². The number of oxime groups is 1. The topological polar surface area (TPSA) is 62.0 Å². The number of nitrogens with zero attached hydrogens (tertiary/aromatic N) is 1. The van der Waals surface area contributed by atoms with Crippen molar-refractivity contribution in [3.05, 3.63) is 23.8 Å². The highest BCUT2D eigenvalue weighted by atomic mass is 16.5. The van der Waals surface area contributed by atoms with Gasteiger partial charge in [0.25, 0.3) is 0 Å². The van der Waals surface area contributed by atoms with Crippen molar-refractivity contribution in [1.29, 1.82) is 0 Å². The van der Waals surface area contributed by atoms with E-state index in [1.165, 1.54) is 44.9 Å². The average molecular weight is 364 g/mol. The van der Waals surface area contributed by atoms with E-state index >= 15 is 0 Å². The molecule has 0 aliphatic carbocycles. The summed E-state index contributed by atoms with van der Waals surface area (Å²) >= 11 is 0. The first kappa shape index (κ1) is 22.3. The van der Waals surface area contributed by atoms with Crippen LogP contribution in [-0.4, -0.2) is 22.6 Å². The van der Waals surface area contributed by atoms with Gasteiger partial charge < -0.3 is 15.1 Å². The minimum Gasteiger partial charge on any atom is -0.507 e. The van der Waals surface area contributed by atoms with Gasteiger partial charge in [0.1, 0.15) is 11.5 Å². The van der Waals surface area contributed by atoms with Crippen LogP contribution in [0.3, 0.4) is 0 Å². The van der Waals surface area contributed by atoms with Crippen LogP contribution in [0.5, 0.6) is 11.5 Å². The highest BCUT2D eigenvalue weighted by Gasteiger charge is 2.11. The van der Waals surface area contributed by atoms with Gasteiger partial charge >= 0.3 is 0 Å². The first-order chi connectivity index (χ1) is 12.7. The number of aromatic hydroxyl groups is 1. The molecular formula is C22H37NO3. The molecule has 1 aromatic carbocycles. The van der Waals surface area contributed by atoms with E-state index in [2.05, 4.69) is 19.0 Å². The molecule has 2 N–H and O–H groups in total. The van der Waals surface area contributed by atoms with Gasteiger partial charge in [-0.2, -0.15) is 0 Å². The van der Waals surface area contributed by atoms with Crippen molar-refractivity contribution in [2.24, 2.45) is 5.16 Å². The zero-order valence-electron chi connectivity index (χ0n) is 16.7. The molecule has 0 saturated carbocycles. The van der Waals surface area contributed by atoms with Gasteiger partial charge in [0, 0.05) is 11.6 Å². The minimum atomic E-state index is 0.114. The van der Waals surface area contributed by atoms with Crippen molar-refractivity contribution in [3.8, 4) is 11.5 Å². The van der Waals surface area contributed by atoms with Crippen molar-refractivity contribution in [2.45, 2.75) is 90.9 Å². The molecule has 0 bridgehead atoms. The molecule has 4 nitrogen and oxygen atoms in total. The third kappa shape index (κ3) is 9.12. The van der Waals surface area contributed by atoms with E-state index in [0.717, 1.165) is 25.7 Å². The Hall–Kier alpha value is -1.71. The second-order valence-electron chi connectivity index (χ2n) is 7.01. The Morgan fingerprint density at radius 1 is 0.885 bits per heavy atom. The summed E-state index contributed by atoms with van der Waals surface area (Å²) in [6.45, 7) is 5.04. The van der Waals surface area contributed by atoms with Gasteiger partial charge in [0.15, 0.2) is 0 Å². The Kier molecular flexibility index (Phi) is 12.4. The summed E-state index contributed by atoms with van der Waals surface area (Å²) in [5.41, 5.74) is 1.12. The molecule has 26 heavy (non-hydrogen) atoms. The number of phenolic OH excluding ortho intramolecular Hbond substituents is 1. The summed E-state index contributed by atoms with van der Waals surface area (Å²) in [7, 11) is 0. The van der Waals surface area contributed by atoms with Crippen LogP contribution in [0.25, 0.3) is 0 Å². The van der Waals surface area contributed by atoms with Crippen molar-refractivity contribution in [3.63, 3.8) is 0 Å². The first-order valence-corrected chi connectivity index (χ1v) is 10.4. The third-order valence-corrected chi connectivity index (χ3v) is 4.68. The zero-order valence-corrected chi connectivity index (χ0v) is 16.7. The average Bonchev–Trinajstić information content (AvgIpc) is 2.65. The van der Waals surface area contributed by atoms with Gasteiger partial charge in [-0.3, -0.25) is 0 Å². The zero-order chi connectivity index (χ0) is 19.0. The number of phenols is 1. The predicted molar refractivity (Wildman–Crippen MR) is 109 cm³/mol. The second kappa shape index (κ2) is 14.5. The molecule has 0 amide bonds. The smallest absolute Gasteiger partial charge is 0.128 e. The van der Waals surface area contributed by atoms with Gasteiger partial charge in [-0.15, -0.1) is 0 Å². The lowest BCUT2D eigenvalue weighted by Gasteiger charge is -2.10. The van der Waals surface area contributed by atoms with Crippen LogP contribution >= 0.6 is 0 Å². The lowest BCUT2D eigenvalue weighted by molar-refractivity contribution is 0.302. The highest BCUT2D eigenvalue weighted by molar-refractivity contribution is 6.02. The van der Waals surface area contributed by atoms with Crippen LogP contribution in [0, 0.1) is 0 Å². The molecule has 0 spiro atoms. The molecule has 0 heterocycles. The van der Waals surface area contributed by atoms with Crippen LogP contribution in [0.15, 0.2) is 23.4 Å². The van der Waals surface area contributed by atoms with Gasteiger partial charge in [-0.05, 0) is 31.4 Å². The van der Waals surface area contributed by atoms with E-state index < -0.39 is 0 Å². The molecule has 1 rings (SSSR count). The van der Waals surface area contributed by atoms with Crippen LogP contribution in [0.4, 0.5) is 0 Å². The van der Waals surface area contributed by atoms with Crippen LogP contribution in [-0.2, 0) is 0 Å². The lowest BCUT2D eigenvalue weighted by atomic mass is 10.0. The summed E-state index contributed by atoms with van der Waals surface area (Å²) in [5.74, 6) is 0.780. The highest BCUT2D eigenvalue weighted by Crippen LogP contribution is 2.26. The van der Waals surface area contributed by atoms with E-state index in [1.807, 2.05) is 6.07 Å². The Balaban J connectivity index is 2.31. The number of benzene rings is 1. The molecule has 1 aromatic rings. The van der Waals surface area contributed by atoms with Gasteiger partial charge in [0.05, 0.1) is 12.3 Å². The Bertz CT molecular complexity index is 514. The summed E-state index contributed by atoms with van der Waals surface area (Å²) in [6.07, 6.45) is 14.0. The molecule has 4 heteroatoms. The number of ether oxygens (including phenoxy) is 1. The summed E-state index contributed by atoms with van der Waals surface area (Å²) in [5, 5.41) is 22.8. The largest absolute Gasteiger partial charge is 0.507 e. The van der Waals surface area contributed by atoms with E-state index in [1.54, 1.807) is 12.1 Å². The number of hydrogen-bond acceptors (Lipinski definition) is 4. The molecule has 0 atom stereocenters. The maximum absolute atomic E-state index is 10.2. The fourth-order valence-corrected chi connectivity index (χ4v) is 3.05. The van der Waals surface area contributed by atoms with E-state index in [4.69, 9.17) is 4.74 Å². The third-order valence-electron chi connectivity index (χ3n) is 4.68. The molecule has 0 unspecified atom stereocenters. The Morgan fingerprint density at radius 2 is 1.50 bits per heavy atom. The van der Waals surface area contributed by atoms with E-state index in [-0.39, 0.29) is 5.75 Å². The van der Waals surface area contributed by atoms with E-state index in [9.17, 15) is 10.3 Å². The molecule has 0 aromatic heterocycles. The SMILES string of the molecule is CCCCCCCCCCOc1ccc(/C(CCCCC)=N\O)c(O)c1. The number of rotatable bonds is 15. The van der Waals surface area contributed by atoms with Gasteiger partial charge in [-0.1, -0.05) is 76.8 Å². The van der Waals surface area contributed by atoms with Crippen LogP contribution < -0.4 is 4.74 Å². The molecule has 148 valence electrons. The Morgan fingerprint density at radius 3 is 2.12 bits per heavy atom. The fraction of sp³-hybridized carbons (Fsp3) is 0.682. The van der Waals surface area contributed by atoms with E-state index in [0.29, 0.717) is 30.1 Å². The Labute approximate surface area is 159 Å². The van der Waals surface area contributed by atoms with Crippen molar-refractivity contribution < 1.29 is 15.1 Å². The second-order valence-corrected chi connectivity index (χ2v) is 7.01. The van der Waals surface area contributed by atoms with Crippen molar-refractivity contribution in [2.75, 3.05) is 6.61 Å². The molecule has 0 aliphatic rings. The summed E-state index contributed by atoms with van der Waals surface area (Å²) < 4.78 is 5.74. The summed E-state index contributed by atoms with van der Waals surface area (Å²) in [4.78, 5) is 0. The summed E-state index contributed by atoms with van der Waals surface area (Å²) in [6, 6.07) is 5.23. The quantitative estimate of drug-likeness (QED) is 0.158. The number of hydrogen-bond donors (Lipinski definition) is 2.